The summed E-state index contributed by atoms with van der Waals surface area (Å²) < 4.78 is 62.3. The van der Waals surface area contributed by atoms with E-state index in [-0.39, 0.29) is 28.5 Å². The SMILES string of the molecule is O=c1ccc2cccc(O)c2n1C(O)CNCCc1ccc(OCC(F)(F)c2cccc(S(=O)(=O)C3CCCC3)c2)cc1. The molecule has 0 bridgehead atoms. The molecule has 1 aromatic heterocycles. The molecule has 11 heteroatoms. The number of aromatic hydroxyl groups is 1. The molecule has 1 atom stereocenters. The first kappa shape index (κ1) is 30.7. The third-order valence-corrected chi connectivity index (χ3v) is 10.1. The lowest BCUT2D eigenvalue weighted by Crippen LogP contribution is -2.32. The third-order valence-electron chi connectivity index (χ3n) is 7.81. The van der Waals surface area contributed by atoms with E-state index < -0.39 is 45.0 Å². The molecule has 1 saturated carbocycles. The second-order valence-electron chi connectivity index (χ2n) is 10.8. The minimum Gasteiger partial charge on any atom is -0.506 e. The van der Waals surface area contributed by atoms with E-state index >= 15 is 8.78 Å². The maximum atomic E-state index is 15.0. The topological polar surface area (TPSA) is 118 Å². The number of aliphatic hydroxyl groups is 1. The van der Waals surface area contributed by atoms with E-state index in [1.807, 2.05) is 0 Å². The average molecular weight is 613 g/mol. The van der Waals surface area contributed by atoms with Gasteiger partial charge in [-0.25, -0.2) is 8.42 Å². The van der Waals surface area contributed by atoms with Crippen molar-refractivity contribution in [1.29, 1.82) is 0 Å². The number of para-hydroxylation sites is 1. The summed E-state index contributed by atoms with van der Waals surface area (Å²) in [6, 6.07) is 19.4. The van der Waals surface area contributed by atoms with Gasteiger partial charge >= 0.3 is 5.92 Å². The van der Waals surface area contributed by atoms with Crippen molar-refractivity contribution in [3.8, 4) is 11.5 Å². The minimum absolute atomic E-state index is 0.0623. The third kappa shape index (κ3) is 6.90. The number of nitrogens with zero attached hydrogens (tertiary/aromatic N) is 1. The van der Waals surface area contributed by atoms with Crippen LogP contribution in [0.4, 0.5) is 8.78 Å². The molecule has 3 aromatic carbocycles. The number of benzene rings is 3. The Morgan fingerprint density at radius 2 is 1.72 bits per heavy atom. The molecule has 1 aliphatic rings. The number of phenolic OH excluding ortho intramolecular Hbond substituents is 1. The highest BCUT2D eigenvalue weighted by atomic mass is 32.2. The highest BCUT2D eigenvalue weighted by molar-refractivity contribution is 7.92. The number of fused-ring (bicyclic) bond motifs is 1. The number of nitrogens with one attached hydrogen (secondary N) is 1. The first-order chi connectivity index (χ1) is 20.6. The molecule has 3 N–H and O–H groups in total. The van der Waals surface area contributed by atoms with Crippen LogP contribution in [0.5, 0.6) is 11.5 Å². The summed E-state index contributed by atoms with van der Waals surface area (Å²) in [5.41, 5.74) is 0.307. The molecule has 1 fully saturated rings. The molecule has 0 spiro atoms. The zero-order valence-electron chi connectivity index (χ0n) is 23.5. The van der Waals surface area contributed by atoms with Crippen LogP contribution < -0.4 is 15.6 Å². The van der Waals surface area contributed by atoms with Crippen molar-refractivity contribution < 1.29 is 32.1 Å². The quantitative estimate of drug-likeness (QED) is 0.195. The second-order valence-corrected chi connectivity index (χ2v) is 13.0. The lowest BCUT2D eigenvalue weighted by atomic mass is 10.1. The van der Waals surface area contributed by atoms with E-state index in [0.29, 0.717) is 31.2 Å². The Labute approximate surface area is 248 Å². The number of pyridine rings is 1. The van der Waals surface area contributed by atoms with Gasteiger partial charge in [0, 0.05) is 23.6 Å². The van der Waals surface area contributed by atoms with Crippen LogP contribution in [0.25, 0.3) is 10.9 Å². The summed E-state index contributed by atoms with van der Waals surface area (Å²) in [6.45, 7) is -0.421. The van der Waals surface area contributed by atoms with Crippen LogP contribution in [0, 0.1) is 0 Å². The fourth-order valence-corrected chi connectivity index (χ4v) is 7.35. The zero-order valence-corrected chi connectivity index (χ0v) is 24.3. The van der Waals surface area contributed by atoms with Gasteiger partial charge in [0.1, 0.15) is 17.7 Å². The van der Waals surface area contributed by atoms with Gasteiger partial charge in [0.25, 0.3) is 5.56 Å². The Bertz CT molecular complexity index is 1740. The molecule has 0 saturated heterocycles. The molecule has 1 unspecified atom stereocenters. The first-order valence-corrected chi connectivity index (χ1v) is 15.8. The van der Waals surface area contributed by atoms with E-state index in [1.165, 1.54) is 30.3 Å². The van der Waals surface area contributed by atoms with Crippen molar-refractivity contribution in [2.45, 2.75) is 54.4 Å². The molecule has 4 aromatic rings. The lowest BCUT2D eigenvalue weighted by Gasteiger charge is -2.19. The monoisotopic (exact) mass is 612 g/mol. The smallest absolute Gasteiger partial charge is 0.306 e. The van der Waals surface area contributed by atoms with Crippen molar-refractivity contribution >= 4 is 20.7 Å². The van der Waals surface area contributed by atoms with E-state index in [1.54, 1.807) is 42.5 Å². The largest absolute Gasteiger partial charge is 0.506 e. The van der Waals surface area contributed by atoms with E-state index in [0.717, 1.165) is 29.0 Å². The van der Waals surface area contributed by atoms with Crippen LogP contribution in [0.15, 0.2) is 88.6 Å². The number of halogens is 2. The van der Waals surface area contributed by atoms with Crippen LogP contribution in [0.2, 0.25) is 0 Å². The van der Waals surface area contributed by atoms with Crippen molar-refractivity contribution in [3.05, 3.63) is 100 Å². The van der Waals surface area contributed by atoms with Crippen molar-refractivity contribution in [2.24, 2.45) is 0 Å². The van der Waals surface area contributed by atoms with Gasteiger partial charge in [-0.15, -0.1) is 0 Å². The summed E-state index contributed by atoms with van der Waals surface area (Å²) in [7, 11) is -3.65. The average Bonchev–Trinajstić information content (AvgIpc) is 3.56. The molecule has 0 aliphatic heterocycles. The fourth-order valence-electron chi connectivity index (χ4n) is 5.45. The molecule has 1 heterocycles. The molecule has 228 valence electrons. The highest BCUT2D eigenvalue weighted by Crippen LogP contribution is 2.34. The van der Waals surface area contributed by atoms with E-state index in [2.05, 4.69) is 5.32 Å². The Hall–Kier alpha value is -3.80. The van der Waals surface area contributed by atoms with Crippen LogP contribution in [-0.2, 0) is 22.2 Å². The number of aromatic nitrogens is 1. The van der Waals surface area contributed by atoms with Crippen molar-refractivity contribution in [2.75, 3.05) is 19.7 Å². The molecule has 8 nitrogen and oxygen atoms in total. The number of hydrogen-bond donors (Lipinski definition) is 3. The van der Waals surface area contributed by atoms with Gasteiger partial charge in [-0.1, -0.05) is 49.2 Å². The highest BCUT2D eigenvalue weighted by Gasteiger charge is 2.36. The van der Waals surface area contributed by atoms with Gasteiger partial charge in [0.05, 0.1) is 15.7 Å². The molecule has 1 aliphatic carbocycles. The normalized spacial score (nSPS) is 15.1. The zero-order chi connectivity index (χ0) is 30.6. The van der Waals surface area contributed by atoms with Gasteiger partial charge in [-0.3, -0.25) is 9.36 Å². The Balaban J connectivity index is 1.13. The molecule has 0 amide bonds. The Kier molecular flexibility index (Phi) is 9.14. The number of ether oxygens (including phenoxy) is 1. The summed E-state index contributed by atoms with van der Waals surface area (Å²) in [6.07, 6.45) is 2.11. The van der Waals surface area contributed by atoms with Gasteiger partial charge < -0.3 is 20.3 Å². The minimum atomic E-state index is -3.65. The molecule has 5 rings (SSSR count). The van der Waals surface area contributed by atoms with Gasteiger partial charge in [-0.05, 0) is 67.8 Å². The second kappa shape index (κ2) is 12.8. The predicted molar refractivity (Wildman–Crippen MR) is 159 cm³/mol. The Morgan fingerprint density at radius 3 is 2.47 bits per heavy atom. The van der Waals surface area contributed by atoms with Gasteiger partial charge in [-0.2, -0.15) is 8.78 Å². The fraction of sp³-hybridized carbons (Fsp3) is 0.344. The van der Waals surface area contributed by atoms with Crippen molar-refractivity contribution in [3.63, 3.8) is 0 Å². The standard InChI is InChI=1S/C32H34F2N2O6S/c33-32(34,24-6-4-9-27(19-24)43(40,41)26-7-1-2-8-26)21-42-25-14-11-22(12-15-25)17-18-35-20-30(39)36-29(38)16-13-23-5-3-10-28(37)31(23)36/h3-6,9-16,19,26,30,35,37,39H,1-2,7-8,17-18,20-21H2. The summed E-state index contributed by atoms with van der Waals surface area (Å²) in [5.74, 6) is -3.25. The van der Waals surface area contributed by atoms with Crippen LogP contribution in [-0.4, -0.2) is 48.1 Å². The van der Waals surface area contributed by atoms with E-state index in [4.69, 9.17) is 4.74 Å². The summed E-state index contributed by atoms with van der Waals surface area (Å²) >= 11 is 0. The van der Waals surface area contributed by atoms with Crippen LogP contribution in [0.3, 0.4) is 0 Å². The maximum absolute atomic E-state index is 15.0. The predicted octanol–water partition coefficient (Wildman–Crippen LogP) is 4.92. The molecular formula is C32H34F2N2O6S. The Morgan fingerprint density at radius 1 is 1.00 bits per heavy atom. The molecular weight excluding hydrogens is 578 g/mol. The first-order valence-electron chi connectivity index (χ1n) is 14.2. The molecule has 43 heavy (non-hydrogen) atoms. The number of alkyl halides is 2. The van der Waals surface area contributed by atoms with Crippen LogP contribution in [0.1, 0.15) is 43.0 Å². The van der Waals surface area contributed by atoms with Gasteiger partial charge in [0.15, 0.2) is 16.4 Å². The van der Waals surface area contributed by atoms with E-state index in [9.17, 15) is 23.4 Å². The number of rotatable bonds is 12. The summed E-state index contributed by atoms with van der Waals surface area (Å²) in [5, 5.41) is 24.1. The lowest BCUT2D eigenvalue weighted by molar-refractivity contribution is -0.0468. The number of sulfone groups is 1. The van der Waals surface area contributed by atoms with Crippen LogP contribution >= 0.6 is 0 Å². The maximum Gasteiger partial charge on any atom is 0.306 e. The molecule has 0 radical (unpaired) electrons. The summed E-state index contributed by atoms with van der Waals surface area (Å²) in [4.78, 5) is 12.3. The van der Waals surface area contributed by atoms with Crippen molar-refractivity contribution in [1.82, 2.24) is 9.88 Å². The van der Waals surface area contributed by atoms with Gasteiger partial charge in [0.2, 0.25) is 0 Å². The number of phenols is 1. The number of hydrogen-bond acceptors (Lipinski definition) is 7. The number of aliphatic hydroxyl groups excluding tert-OH is 1.